The number of amides is 1. The summed E-state index contributed by atoms with van der Waals surface area (Å²) in [5, 5.41) is -0.512. The number of likely N-dealkylation sites (tertiary alicyclic amines) is 1. The monoisotopic (exact) mass is 338 g/mol. The van der Waals surface area contributed by atoms with E-state index < -0.39 is 17.4 Å². The van der Waals surface area contributed by atoms with E-state index in [4.69, 9.17) is 15.2 Å². The lowest BCUT2D eigenvalue weighted by Gasteiger charge is -2.30. The number of hydrogen-bond acceptors (Lipinski definition) is 6. The van der Waals surface area contributed by atoms with E-state index >= 15 is 0 Å². The van der Waals surface area contributed by atoms with Crippen molar-refractivity contribution in [3.8, 4) is 0 Å². The highest BCUT2D eigenvalue weighted by atomic mass is 32.2. The van der Waals surface area contributed by atoms with Gasteiger partial charge in [0.15, 0.2) is 0 Å². The number of rotatable bonds is 5. The Morgan fingerprint density at radius 2 is 2.09 bits per heavy atom. The molecule has 1 amide bonds. The van der Waals surface area contributed by atoms with Gasteiger partial charge in [0.2, 0.25) is 0 Å². The van der Waals surface area contributed by atoms with E-state index in [1.165, 1.54) is 18.9 Å². The molecule has 1 aliphatic rings. The number of carbonyl (C=O) groups is 2. The van der Waals surface area contributed by atoms with Crippen LogP contribution in [-0.2, 0) is 20.9 Å². The smallest absolute Gasteiger partial charge is 0.410 e. The second kappa shape index (κ2) is 8.21. The zero-order valence-corrected chi connectivity index (χ0v) is 14.1. The molecule has 0 bridgehead atoms. The molecule has 0 spiro atoms. The Hall–Kier alpha value is -1.73. The van der Waals surface area contributed by atoms with E-state index in [-0.39, 0.29) is 18.6 Å². The van der Waals surface area contributed by atoms with E-state index in [1.54, 1.807) is 11.2 Å². The summed E-state index contributed by atoms with van der Waals surface area (Å²) in [4.78, 5) is 25.9. The lowest BCUT2D eigenvalue weighted by atomic mass is 10.1. The maximum Gasteiger partial charge on any atom is 0.410 e. The van der Waals surface area contributed by atoms with Crippen molar-refractivity contribution in [1.82, 2.24) is 4.90 Å². The first-order chi connectivity index (χ1) is 11.1. The standard InChI is InChI=1S/C16H22N2O4S/c1-21-15(19)14(23-2)13-12(17)8-9-18(13)16(20)22-10-11-6-4-3-5-7-11/h3-7,12-14H,8-10,17H2,1-2H3/t12-,13-,14?/m1/s1. The van der Waals surface area contributed by atoms with Crippen LogP contribution in [0.5, 0.6) is 0 Å². The minimum absolute atomic E-state index is 0.195. The van der Waals surface area contributed by atoms with Crippen molar-refractivity contribution in [3.63, 3.8) is 0 Å². The lowest BCUT2D eigenvalue weighted by molar-refractivity contribution is -0.141. The van der Waals surface area contributed by atoms with Crippen LogP contribution in [0.4, 0.5) is 4.79 Å². The Bertz CT molecular complexity index is 540. The van der Waals surface area contributed by atoms with E-state index in [2.05, 4.69) is 0 Å². The van der Waals surface area contributed by atoms with E-state index in [0.29, 0.717) is 13.0 Å². The van der Waals surface area contributed by atoms with Crippen LogP contribution in [0.2, 0.25) is 0 Å². The van der Waals surface area contributed by atoms with Gasteiger partial charge in [0.25, 0.3) is 0 Å². The van der Waals surface area contributed by atoms with Gasteiger partial charge in [0.05, 0.1) is 13.2 Å². The van der Waals surface area contributed by atoms with Gasteiger partial charge in [0.1, 0.15) is 11.9 Å². The summed E-state index contributed by atoms with van der Waals surface area (Å²) in [7, 11) is 1.34. The number of hydrogen-bond donors (Lipinski definition) is 1. The number of carbonyl (C=O) groups excluding carboxylic acids is 2. The fourth-order valence-corrected chi connectivity index (χ4v) is 3.65. The van der Waals surface area contributed by atoms with Crippen molar-refractivity contribution in [2.75, 3.05) is 19.9 Å². The minimum Gasteiger partial charge on any atom is -0.468 e. The summed E-state index contributed by atoms with van der Waals surface area (Å²) in [5.74, 6) is -0.374. The highest BCUT2D eigenvalue weighted by Gasteiger charge is 2.44. The second-order valence-corrected chi connectivity index (χ2v) is 6.34. The summed E-state index contributed by atoms with van der Waals surface area (Å²) in [6.45, 7) is 0.674. The highest BCUT2D eigenvalue weighted by Crippen LogP contribution is 2.27. The Kier molecular flexibility index (Phi) is 6.29. The van der Waals surface area contributed by atoms with E-state index in [1.807, 2.05) is 30.3 Å². The number of ether oxygens (including phenoxy) is 2. The first-order valence-corrected chi connectivity index (χ1v) is 8.70. The second-order valence-electron chi connectivity index (χ2n) is 5.36. The molecule has 2 rings (SSSR count). The fraction of sp³-hybridized carbons (Fsp3) is 0.500. The molecule has 0 aromatic heterocycles. The third-order valence-corrected chi connectivity index (χ3v) is 4.92. The molecule has 0 radical (unpaired) electrons. The maximum atomic E-state index is 12.4. The number of esters is 1. The third-order valence-electron chi connectivity index (χ3n) is 3.94. The number of methoxy groups -OCH3 is 1. The molecule has 1 aromatic carbocycles. The highest BCUT2D eigenvalue weighted by molar-refractivity contribution is 8.00. The van der Waals surface area contributed by atoms with Gasteiger partial charge in [-0.25, -0.2) is 4.79 Å². The predicted molar refractivity (Wildman–Crippen MR) is 89.0 cm³/mol. The molecule has 126 valence electrons. The summed E-state index contributed by atoms with van der Waals surface area (Å²) >= 11 is 1.34. The largest absolute Gasteiger partial charge is 0.468 e. The third kappa shape index (κ3) is 4.17. The molecular formula is C16H22N2O4S. The van der Waals surface area contributed by atoms with Crippen molar-refractivity contribution in [3.05, 3.63) is 35.9 Å². The topological polar surface area (TPSA) is 81.9 Å². The first-order valence-electron chi connectivity index (χ1n) is 7.42. The molecule has 1 unspecified atom stereocenters. The molecule has 3 atom stereocenters. The zero-order valence-electron chi connectivity index (χ0n) is 13.3. The molecule has 1 heterocycles. The molecule has 1 saturated heterocycles. The Morgan fingerprint density at radius 3 is 2.70 bits per heavy atom. The summed E-state index contributed by atoms with van der Waals surface area (Å²) < 4.78 is 10.2. The quantitative estimate of drug-likeness (QED) is 0.822. The number of nitrogens with zero attached hydrogens (tertiary/aromatic N) is 1. The molecule has 0 saturated carbocycles. The Morgan fingerprint density at radius 1 is 1.39 bits per heavy atom. The number of nitrogens with two attached hydrogens (primary N) is 1. The van der Waals surface area contributed by atoms with Gasteiger partial charge >= 0.3 is 12.1 Å². The van der Waals surface area contributed by atoms with Crippen LogP contribution in [0, 0.1) is 0 Å². The molecule has 1 aromatic rings. The average Bonchev–Trinajstić information content (AvgIpc) is 2.96. The molecule has 1 aliphatic heterocycles. The van der Waals surface area contributed by atoms with Crippen LogP contribution in [0.25, 0.3) is 0 Å². The van der Waals surface area contributed by atoms with Crippen molar-refractivity contribution >= 4 is 23.8 Å². The summed E-state index contributed by atoms with van der Waals surface area (Å²) in [5.41, 5.74) is 7.03. The van der Waals surface area contributed by atoms with Gasteiger partial charge in [-0.05, 0) is 18.2 Å². The predicted octanol–water partition coefficient (Wildman–Crippen LogP) is 1.63. The van der Waals surface area contributed by atoms with Gasteiger partial charge in [-0.2, -0.15) is 0 Å². The van der Waals surface area contributed by atoms with Gasteiger partial charge in [-0.1, -0.05) is 30.3 Å². The molecule has 6 nitrogen and oxygen atoms in total. The average molecular weight is 338 g/mol. The van der Waals surface area contributed by atoms with Gasteiger partial charge in [-0.3, -0.25) is 4.79 Å². The SMILES string of the molecule is COC(=O)C(SC)[C@H]1[C@H](N)CCN1C(=O)OCc1ccccc1. The lowest BCUT2D eigenvalue weighted by Crippen LogP contribution is -2.51. The van der Waals surface area contributed by atoms with Gasteiger partial charge in [0, 0.05) is 12.6 Å². The van der Waals surface area contributed by atoms with Crippen LogP contribution < -0.4 is 5.73 Å². The molecule has 2 N–H and O–H groups in total. The first kappa shape index (κ1) is 17.6. The van der Waals surface area contributed by atoms with Crippen LogP contribution in [0.1, 0.15) is 12.0 Å². The molecule has 1 fully saturated rings. The summed E-state index contributed by atoms with van der Waals surface area (Å²) in [6, 6.07) is 8.77. The van der Waals surface area contributed by atoms with Crippen LogP contribution in [0.15, 0.2) is 30.3 Å². The molecule has 7 heteroatoms. The maximum absolute atomic E-state index is 12.4. The number of benzene rings is 1. The van der Waals surface area contributed by atoms with Crippen molar-refractivity contribution < 1.29 is 19.1 Å². The van der Waals surface area contributed by atoms with Crippen LogP contribution in [0.3, 0.4) is 0 Å². The van der Waals surface area contributed by atoms with E-state index in [0.717, 1.165) is 5.56 Å². The van der Waals surface area contributed by atoms with Crippen molar-refractivity contribution in [1.29, 1.82) is 0 Å². The van der Waals surface area contributed by atoms with Gasteiger partial charge < -0.3 is 20.1 Å². The zero-order chi connectivity index (χ0) is 16.8. The molecule has 0 aliphatic carbocycles. The summed E-state index contributed by atoms with van der Waals surface area (Å²) in [6.07, 6.45) is 1.99. The Labute approximate surface area is 140 Å². The van der Waals surface area contributed by atoms with Crippen LogP contribution in [-0.4, -0.2) is 54.2 Å². The van der Waals surface area contributed by atoms with Crippen molar-refractivity contribution in [2.45, 2.75) is 30.4 Å². The number of thioether (sulfide) groups is 1. The molecule has 23 heavy (non-hydrogen) atoms. The van der Waals surface area contributed by atoms with E-state index in [9.17, 15) is 9.59 Å². The molecular weight excluding hydrogens is 316 g/mol. The van der Waals surface area contributed by atoms with Crippen LogP contribution >= 0.6 is 11.8 Å². The normalized spacial score (nSPS) is 21.8. The minimum atomic E-state index is -0.512. The van der Waals surface area contributed by atoms with Gasteiger partial charge in [-0.15, -0.1) is 11.8 Å². The fourth-order valence-electron chi connectivity index (χ4n) is 2.73. The van der Waals surface area contributed by atoms with Crippen molar-refractivity contribution in [2.24, 2.45) is 5.73 Å². The Balaban J connectivity index is 2.04.